The summed E-state index contributed by atoms with van der Waals surface area (Å²) in [4.78, 5) is 0. The van der Waals surface area contributed by atoms with Gasteiger partial charge < -0.3 is 10.8 Å². The van der Waals surface area contributed by atoms with Gasteiger partial charge in [-0.15, -0.1) is 0 Å². The SMILES string of the molecule is Cc1cc(C(C)(C)C)c(O)c(C2(N)CC2)c1. The van der Waals surface area contributed by atoms with Crippen LogP contribution in [0.15, 0.2) is 12.1 Å². The van der Waals surface area contributed by atoms with Crippen LogP contribution in [-0.2, 0) is 11.0 Å². The van der Waals surface area contributed by atoms with Gasteiger partial charge >= 0.3 is 0 Å². The molecule has 1 aliphatic rings. The second-order valence-electron chi connectivity index (χ2n) is 6.11. The number of hydrogen-bond acceptors (Lipinski definition) is 2. The molecule has 2 nitrogen and oxygen atoms in total. The summed E-state index contributed by atoms with van der Waals surface area (Å²) in [6.07, 6.45) is 1.96. The second kappa shape index (κ2) is 3.24. The molecular weight excluding hydrogens is 198 g/mol. The van der Waals surface area contributed by atoms with E-state index in [0.717, 1.165) is 24.0 Å². The van der Waals surface area contributed by atoms with Gasteiger partial charge in [0.05, 0.1) is 0 Å². The number of phenols is 1. The third-order valence-electron chi connectivity index (χ3n) is 3.39. The molecule has 0 saturated heterocycles. The molecule has 16 heavy (non-hydrogen) atoms. The Kier molecular flexibility index (Phi) is 2.32. The normalized spacial score (nSPS) is 18.6. The number of phenolic OH excluding ortho intramolecular Hbond substituents is 1. The van der Waals surface area contributed by atoms with Gasteiger partial charge in [0.1, 0.15) is 5.75 Å². The summed E-state index contributed by atoms with van der Waals surface area (Å²) in [6.45, 7) is 8.40. The highest BCUT2D eigenvalue weighted by Crippen LogP contribution is 2.49. The van der Waals surface area contributed by atoms with Gasteiger partial charge in [-0.3, -0.25) is 0 Å². The number of rotatable bonds is 1. The predicted octanol–water partition coefficient (Wildman–Crippen LogP) is 2.95. The van der Waals surface area contributed by atoms with Crippen molar-refractivity contribution in [3.63, 3.8) is 0 Å². The third kappa shape index (κ3) is 1.82. The van der Waals surface area contributed by atoms with Crippen LogP contribution in [0.2, 0.25) is 0 Å². The van der Waals surface area contributed by atoms with Gasteiger partial charge in [-0.05, 0) is 30.7 Å². The van der Waals surface area contributed by atoms with Gasteiger partial charge in [0.25, 0.3) is 0 Å². The molecule has 1 aromatic carbocycles. The molecule has 0 amide bonds. The van der Waals surface area contributed by atoms with E-state index in [-0.39, 0.29) is 11.0 Å². The molecule has 0 atom stereocenters. The molecule has 0 unspecified atom stereocenters. The van der Waals surface area contributed by atoms with Gasteiger partial charge in [-0.1, -0.05) is 38.5 Å². The van der Waals surface area contributed by atoms with E-state index < -0.39 is 0 Å². The lowest BCUT2D eigenvalue weighted by molar-refractivity contribution is 0.433. The average molecular weight is 219 g/mol. The summed E-state index contributed by atoms with van der Waals surface area (Å²) in [5, 5.41) is 10.3. The summed E-state index contributed by atoms with van der Waals surface area (Å²) in [6, 6.07) is 4.09. The van der Waals surface area contributed by atoms with Crippen LogP contribution in [0.1, 0.15) is 50.3 Å². The number of hydrogen-bond donors (Lipinski definition) is 2. The zero-order valence-corrected chi connectivity index (χ0v) is 10.6. The first-order valence-electron chi connectivity index (χ1n) is 5.87. The Hall–Kier alpha value is -1.02. The zero-order chi connectivity index (χ0) is 12.1. The van der Waals surface area contributed by atoms with E-state index in [2.05, 4.69) is 33.8 Å². The highest BCUT2D eigenvalue weighted by molar-refractivity contribution is 5.51. The van der Waals surface area contributed by atoms with Crippen LogP contribution in [-0.4, -0.2) is 5.11 Å². The van der Waals surface area contributed by atoms with Crippen molar-refractivity contribution in [1.29, 1.82) is 0 Å². The Bertz CT molecular complexity index is 399. The van der Waals surface area contributed by atoms with Crippen molar-refractivity contribution in [3.8, 4) is 5.75 Å². The highest BCUT2D eigenvalue weighted by atomic mass is 16.3. The molecule has 1 saturated carbocycles. The first-order valence-corrected chi connectivity index (χ1v) is 5.87. The van der Waals surface area contributed by atoms with Crippen LogP contribution < -0.4 is 5.73 Å². The van der Waals surface area contributed by atoms with E-state index in [0.29, 0.717) is 5.75 Å². The number of aromatic hydroxyl groups is 1. The number of aryl methyl sites for hydroxylation is 1. The fourth-order valence-corrected chi connectivity index (χ4v) is 2.13. The van der Waals surface area contributed by atoms with Crippen molar-refractivity contribution in [2.24, 2.45) is 5.73 Å². The zero-order valence-electron chi connectivity index (χ0n) is 10.6. The lowest BCUT2D eigenvalue weighted by atomic mass is 9.83. The van der Waals surface area contributed by atoms with E-state index in [1.807, 2.05) is 6.07 Å². The van der Waals surface area contributed by atoms with Gasteiger partial charge in [0.15, 0.2) is 0 Å². The Balaban J connectivity index is 2.60. The summed E-state index contributed by atoms with van der Waals surface area (Å²) >= 11 is 0. The maximum absolute atomic E-state index is 10.3. The Labute approximate surface area is 97.5 Å². The molecule has 1 aromatic rings. The third-order valence-corrected chi connectivity index (χ3v) is 3.39. The predicted molar refractivity (Wildman–Crippen MR) is 66.6 cm³/mol. The van der Waals surface area contributed by atoms with Crippen LogP contribution in [0.3, 0.4) is 0 Å². The standard InChI is InChI=1S/C14H21NO/c1-9-7-10(13(2,3)4)12(16)11(8-9)14(15)5-6-14/h7-8,16H,5-6,15H2,1-4H3. The quantitative estimate of drug-likeness (QED) is 0.762. The molecule has 0 radical (unpaired) electrons. The monoisotopic (exact) mass is 219 g/mol. The molecule has 1 aliphatic carbocycles. The van der Waals surface area contributed by atoms with Crippen molar-refractivity contribution in [2.45, 2.75) is 51.5 Å². The van der Waals surface area contributed by atoms with E-state index in [1.54, 1.807) is 0 Å². The van der Waals surface area contributed by atoms with Crippen LogP contribution in [0.5, 0.6) is 5.75 Å². The minimum atomic E-state index is -0.268. The molecule has 0 aromatic heterocycles. The first kappa shape index (κ1) is 11.5. The molecule has 88 valence electrons. The lowest BCUT2D eigenvalue weighted by Gasteiger charge is -2.24. The van der Waals surface area contributed by atoms with E-state index in [4.69, 9.17) is 5.73 Å². The van der Waals surface area contributed by atoms with Crippen LogP contribution in [0.4, 0.5) is 0 Å². The Morgan fingerprint density at radius 1 is 1.25 bits per heavy atom. The highest BCUT2D eigenvalue weighted by Gasteiger charge is 2.43. The summed E-state index contributed by atoms with van der Waals surface area (Å²) in [5.74, 6) is 0.401. The summed E-state index contributed by atoms with van der Waals surface area (Å²) in [5.41, 5.74) is 8.98. The van der Waals surface area contributed by atoms with Gasteiger partial charge in [-0.25, -0.2) is 0 Å². The fraction of sp³-hybridized carbons (Fsp3) is 0.571. The molecule has 0 bridgehead atoms. The summed E-state index contributed by atoms with van der Waals surface area (Å²) in [7, 11) is 0. The average Bonchev–Trinajstić information content (AvgIpc) is 2.86. The van der Waals surface area contributed by atoms with Crippen molar-refractivity contribution in [1.82, 2.24) is 0 Å². The number of benzene rings is 1. The van der Waals surface area contributed by atoms with E-state index in [9.17, 15) is 5.11 Å². The molecule has 0 aliphatic heterocycles. The van der Waals surface area contributed by atoms with Crippen LogP contribution in [0, 0.1) is 6.92 Å². The van der Waals surface area contributed by atoms with Crippen molar-refractivity contribution >= 4 is 0 Å². The largest absolute Gasteiger partial charge is 0.507 e. The minimum absolute atomic E-state index is 0.0455. The lowest BCUT2D eigenvalue weighted by Crippen LogP contribution is -2.21. The van der Waals surface area contributed by atoms with Crippen molar-refractivity contribution < 1.29 is 5.11 Å². The Morgan fingerprint density at radius 2 is 1.81 bits per heavy atom. The fourth-order valence-electron chi connectivity index (χ4n) is 2.13. The van der Waals surface area contributed by atoms with Gasteiger partial charge in [0.2, 0.25) is 0 Å². The summed E-state index contributed by atoms with van der Waals surface area (Å²) < 4.78 is 0. The molecule has 1 fully saturated rings. The smallest absolute Gasteiger partial charge is 0.124 e. The van der Waals surface area contributed by atoms with Crippen LogP contribution in [0.25, 0.3) is 0 Å². The molecule has 3 N–H and O–H groups in total. The number of nitrogens with two attached hydrogens (primary N) is 1. The van der Waals surface area contributed by atoms with Crippen molar-refractivity contribution in [2.75, 3.05) is 0 Å². The van der Waals surface area contributed by atoms with Gasteiger partial charge in [0, 0.05) is 11.1 Å². The first-order chi connectivity index (χ1) is 7.24. The maximum Gasteiger partial charge on any atom is 0.124 e. The minimum Gasteiger partial charge on any atom is -0.507 e. The maximum atomic E-state index is 10.3. The van der Waals surface area contributed by atoms with Gasteiger partial charge in [-0.2, -0.15) is 0 Å². The molecule has 2 rings (SSSR count). The molecule has 0 spiro atoms. The topological polar surface area (TPSA) is 46.2 Å². The van der Waals surface area contributed by atoms with E-state index >= 15 is 0 Å². The second-order valence-corrected chi connectivity index (χ2v) is 6.11. The van der Waals surface area contributed by atoms with Crippen LogP contribution >= 0.6 is 0 Å². The van der Waals surface area contributed by atoms with E-state index in [1.165, 1.54) is 5.56 Å². The molecule has 0 heterocycles. The van der Waals surface area contributed by atoms with Crippen molar-refractivity contribution in [3.05, 3.63) is 28.8 Å². The Morgan fingerprint density at radius 3 is 2.25 bits per heavy atom. The molecule has 2 heteroatoms. The molecular formula is C14H21NO.